The van der Waals surface area contributed by atoms with Crippen LogP contribution in [0.1, 0.15) is 12.8 Å². The number of carbonyl (C=O) groups is 2. The molecule has 5 heteroatoms. The number of hydrogen-bond acceptors (Lipinski definition) is 4. The van der Waals surface area contributed by atoms with Gasteiger partial charge in [0.25, 0.3) is 0 Å². The summed E-state index contributed by atoms with van der Waals surface area (Å²) in [7, 11) is 0. The number of ether oxygens (including phenoxy) is 2. The number of rotatable bonds is 4. The number of benzene rings is 1. The summed E-state index contributed by atoms with van der Waals surface area (Å²) in [6.45, 7) is 0.247. The van der Waals surface area contributed by atoms with E-state index in [1.165, 1.54) is 0 Å². The van der Waals surface area contributed by atoms with E-state index >= 15 is 0 Å². The van der Waals surface area contributed by atoms with Gasteiger partial charge in [0.1, 0.15) is 6.10 Å². The van der Waals surface area contributed by atoms with Crippen molar-refractivity contribution in [2.75, 3.05) is 11.9 Å². The van der Waals surface area contributed by atoms with Crippen molar-refractivity contribution in [1.82, 2.24) is 0 Å². The van der Waals surface area contributed by atoms with E-state index in [0.29, 0.717) is 18.5 Å². The molecule has 0 radical (unpaired) electrons. The minimum Gasteiger partial charge on any atom is -0.462 e. The van der Waals surface area contributed by atoms with Crippen LogP contribution in [0.3, 0.4) is 0 Å². The number of amides is 1. The van der Waals surface area contributed by atoms with E-state index in [1.54, 1.807) is 12.1 Å². The van der Waals surface area contributed by atoms with Gasteiger partial charge in [-0.05, 0) is 12.1 Å². The quantitative estimate of drug-likeness (QED) is 0.810. The maximum absolute atomic E-state index is 11.3. The summed E-state index contributed by atoms with van der Waals surface area (Å²) in [6, 6.07) is 9.05. The zero-order valence-corrected chi connectivity index (χ0v) is 9.22. The van der Waals surface area contributed by atoms with E-state index < -0.39 is 6.09 Å². The molecule has 0 spiro atoms. The summed E-state index contributed by atoms with van der Waals surface area (Å²) >= 11 is 0. The monoisotopic (exact) mass is 235 g/mol. The SMILES string of the molecule is O=C1CC(CCOC(=O)Nc2ccccc2)O1. The summed E-state index contributed by atoms with van der Waals surface area (Å²) in [5.41, 5.74) is 0.688. The van der Waals surface area contributed by atoms with Crippen LogP contribution in [0, 0.1) is 0 Å². The lowest BCUT2D eigenvalue weighted by atomic mass is 10.1. The molecule has 1 atom stereocenters. The fourth-order valence-corrected chi connectivity index (χ4v) is 1.48. The molecule has 1 aromatic carbocycles. The number of hydrogen-bond donors (Lipinski definition) is 1. The van der Waals surface area contributed by atoms with Crippen molar-refractivity contribution < 1.29 is 19.1 Å². The Hall–Kier alpha value is -2.04. The van der Waals surface area contributed by atoms with Gasteiger partial charge < -0.3 is 9.47 Å². The maximum Gasteiger partial charge on any atom is 0.411 e. The molecule has 0 saturated carbocycles. The van der Waals surface area contributed by atoms with Gasteiger partial charge in [-0.3, -0.25) is 10.1 Å². The first-order chi connectivity index (χ1) is 8.24. The third kappa shape index (κ3) is 3.48. The summed E-state index contributed by atoms with van der Waals surface area (Å²) in [4.78, 5) is 21.8. The normalized spacial score (nSPS) is 17.9. The number of para-hydroxylation sites is 1. The van der Waals surface area contributed by atoms with Crippen LogP contribution in [0.5, 0.6) is 0 Å². The molecule has 1 saturated heterocycles. The first-order valence-corrected chi connectivity index (χ1v) is 5.42. The molecule has 1 aliphatic rings. The van der Waals surface area contributed by atoms with Crippen LogP contribution in [0.4, 0.5) is 10.5 Å². The second-order valence-electron chi connectivity index (χ2n) is 3.73. The predicted octanol–water partition coefficient (Wildman–Crippen LogP) is 1.94. The molecule has 5 nitrogen and oxygen atoms in total. The molecular formula is C12H13NO4. The third-order valence-electron chi connectivity index (χ3n) is 2.39. The first-order valence-electron chi connectivity index (χ1n) is 5.42. The van der Waals surface area contributed by atoms with E-state index in [4.69, 9.17) is 9.47 Å². The molecule has 1 fully saturated rings. The van der Waals surface area contributed by atoms with Crippen LogP contribution < -0.4 is 5.32 Å². The van der Waals surface area contributed by atoms with Crippen molar-refractivity contribution in [1.29, 1.82) is 0 Å². The molecule has 0 aromatic heterocycles. The van der Waals surface area contributed by atoms with Crippen molar-refractivity contribution in [3.05, 3.63) is 30.3 Å². The van der Waals surface area contributed by atoms with Gasteiger partial charge in [-0.1, -0.05) is 18.2 Å². The molecule has 0 bridgehead atoms. The number of cyclic esters (lactones) is 1. The number of esters is 1. The molecule has 1 unspecified atom stereocenters. The van der Waals surface area contributed by atoms with Gasteiger partial charge in [0.15, 0.2) is 0 Å². The molecule has 1 heterocycles. The second-order valence-corrected chi connectivity index (χ2v) is 3.73. The van der Waals surface area contributed by atoms with Crippen molar-refractivity contribution in [3.63, 3.8) is 0 Å². The third-order valence-corrected chi connectivity index (χ3v) is 2.39. The Morgan fingerprint density at radius 2 is 2.12 bits per heavy atom. The molecule has 1 amide bonds. The highest BCUT2D eigenvalue weighted by atomic mass is 16.6. The van der Waals surface area contributed by atoms with Gasteiger partial charge in [0.05, 0.1) is 13.0 Å². The molecule has 1 aliphatic heterocycles. The predicted molar refractivity (Wildman–Crippen MR) is 60.5 cm³/mol. The minimum atomic E-state index is -0.498. The van der Waals surface area contributed by atoms with Crippen LogP contribution in [0.25, 0.3) is 0 Å². The average Bonchev–Trinajstić information content (AvgIpc) is 2.28. The Balaban J connectivity index is 1.63. The van der Waals surface area contributed by atoms with Gasteiger partial charge in [0, 0.05) is 12.1 Å². The number of carbonyl (C=O) groups excluding carboxylic acids is 2. The topological polar surface area (TPSA) is 64.6 Å². The summed E-state index contributed by atoms with van der Waals surface area (Å²) in [5, 5.41) is 2.59. The Labute approximate surface area is 98.7 Å². The Bertz CT molecular complexity index is 396. The number of anilines is 1. The minimum absolute atomic E-state index is 0.0907. The summed E-state index contributed by atoms with van der Waals surface area (Å²) in [6.07, 6.45) is 0.381. The van der Waals surface area contributed by atoms with E-state index in [2.05, 4.69) is 5.32 Å². The highest BCUT2D eigenvalue weighted by Crippen LogP contribution is 2.16. The smallest absolute Gasteiger partial charge is 0.411 e. The number of nitrogens with one attached hydrogen (secondary N) is 1. The van der Waals surface area contributed by atoms with Crippen LogP contribution in [0.15, 0.2) is 30.3 Å². The summed E-state index contributed by atoms with van der Waals surface area (Å²) in [5.74, 6) is -0.191. The largest absolute Gasteiger partial charge is 0.462 e. The standard InChI is InChI=1S/C12H13NO4/c14-11-8-10(17-11)6-7-16-12(15)13-9-4-2-1-3-5-9/h1-5,10H,6-8H2,(H,13,15). The van der Waals surface area contributed by atoms with Crippen LogP contribution >= 0.6 is 0 Å². The maximum atomic E-state index is 11.3. The van der Waals surface area contributed by atoms with E-state index in [-0.39, 0.29) is 18.7 Å². The Kier molecular flexibility index (Phi) is 3.59. The molecule has 2 rings (SSSR count). The summed E-state index contributed by atoms with van der Waals surface area (Å²) < 4.78 is 9.73. The van der Waals surface area contributed by atoms with Gasteiger partial charge in [-0.15, -0.1) is 0 Å². The van der Waals surface area contributed by atoms with E-state index in [9.17, 15) is 9.59 Å². The van der Waals surface area contributed by atoms with E-state index in [1.807, 2.05) is 18.2 Å². The van der Waals surface area contributed by atoms with E-state index in [0.717, 1.165) is 0 Å². The van der Waals surface area contributed by atoms with Crippen LogP contribution in [0.2, 0.25) is 0 Å². The van der Waals surface area contributed by atoms with Crippen molar-refractivity contribution >= 4 is 17.7 Å². The van der Waals surface area contributed by atoms with Gasteiger partial charge in [0.2, 0.25) is 0 Å². The van der Waals surface area contributed by atoms with Gasteiger partial charge in [-0.2, -0.15) is 0 Å². The van der Waals surface area contributed by atoms with Crippen molar-refractivity contribution in [2.45, 2.75) is 18.9 Å². The molecule has 17 heavy (non-hydrogen) atoms. The zero-order chi connectivity index (χ0) is 12.1. The second kappa shape index (κ2) is 5.34. The van der Waals surface area contributed by atoms with Crippen molar-refractivity contribution in [3.8, 4) is 0 Å². The molecular weight excluding hydrogens is 222 g/mol. The fraction of sp³-hybridized carbons (Fsp3) is 0.333. The molecule has 1 aromatic rings. The van der Waals surface area contributed by atoms with Crippen molar-refractivity contribution in [2.24, 2.45) is 0 Å². The Morgan fingerprint density at radius 1 is 1.41 bits per heavy atom. The van der Waals surface area contributed by atoms with Gasteiger partial charge in [-0.25, -0.2) is 4.79 Å². The molecule has 0 aliphatic carbocycles. The van der Waals surface area contributed by atoms with Crippen LogP contribution in [-0.4, -0.2) is 24.8 Å². The lowest BCUT2D eigenvalue weighted by Crippen LogP contribution is -2.33. The zero-order valence-electron chi connectivity index (χ0n) is 9.22. The fourth-order valence-electron chi connectivity index (χ4n) is 1.48. The lowest BCUT2D eigenvalue weighted by Gasteiger charge is -2.24. The Morgan fingerprint density at radius 3 is 2.76 bits per heavy atom. The highest BCUT2D eigenvalue weighted by molar-refractivity contribution is 5.84. The van der Waals surface area contributed by atoms with Gasteiger partial charge >= 0.3 is 12.1 Å². The first kappa shape index (κ1) is 11.4. The molecule has 1 N–H and O–H groups in total. The highest BCUT2D eigenvalue weighted by Gasteiger charge is 2.28. The average molecular weight is 235 g/mol. The lowest BCUT2D eigenvalue weighted by molar-refractivity contribution is -0.170. The molecule has 90 valence electrons. The van der Waals surface area contributed by atoms with Crippen LogP contribution in [-0.2, 0) is 14.3 Å².